The number of carbonyl (C=O) groups excluding carboxylic acids is 1. The molecule has 10 heteroatoms. The van der Waals surface area contributed by atoms with E-state index in [1.165, 1.54) is 0 Å². The molecule has 4 rings (SSSR count). The van der Waals surface area contributed by atoms with Crippen LogP contribution in [-0.2, 0) is 16.1 Å². The molecule has 0 saturated heterocycles. The minimum atomic E-state index is -0.519. The fourth-order valence-electron chi connectivity index (χ4n) is 3.40. The van der Waals surface area contributed by atoms with Crippen LogP contribution in [0.15, 0.2) is 53.7 Å². The maximum atomic E-state index is 12.8. The highest BCUT2D eigenvalue weighted by molar-refractivity contribution is 6.42. The maximum Gasteiger partial charge on any atom is 0.338 e. The van der Waals surface area contributed by atoms with Gasteiger partial charge in [0.05, 0.1) is 22.2 Å². The molecule has 32 heavy (non-hydrogen) atoms. The molecule has 0 spiro atoms. The lowest BCUT2D eigenvalue weighted by Gasteiger charge is -2.27. The Labute approximate surface area is 195 Å². The summed E-state index contributed by atoms with van der Waals surface area (Å²) in [6.45, 7) is 4.43. The molecule has 1 N–H and O–H groups in total. The standard InChI is InChI=1S/C22H21Cl2N5O3/c1-3-10-31-21(30)19-13(2)25-22-26-27-28-29(22)20(19)15-5-7-16(8-6-15)32-12-14-4-9-17(23)18(24)11-14/h4-9,11,20H,3,10,12H2,1-2H3,(H,25,26,28). The number of allylic oxidation sites excluding steroid dienone is 1. The molecule has 8 nitrogen and oxygen atoms in total. The van der Waals surface area contributed by atoms with Crippen LogP contribution in [0.4, 0.5) is 5.95 Å². The van der Waals surface area contributed by atoms with E-state index in [2.05, 4.69) is 20.8 Å². The van der Waals surface area contributed by atoms with Crippen molar-refractivity contribution in [3.63, 3.8) is 0 Å². The lowest BCUT2D eigenvalue weighted by Crippen LogP contribution is -2.29. The summed E-state index contributed by atoms with van der Waals surface area (Å²) in [5.41, 5.74) is 2.84. The van der Waals surface area contributed by atoms with E-state index >= 15 is 0 Å². The number of anilines is 1. The lowest BCUT2D eigenvalue weighted by atomic mass is 9.96. The molecule has 0 radical (unpaired) electrons. The smallest absolute Gasteiger partial charge is 0.338 e. The fourth-order valence-corrected chi connectivity index (χ4v) is 3.72. The number of hydrogen-bond acceptors (Lipinski definition) is 7. The molecule has 0 bridgehead atoms. The molecule has 3 aromatic rings. The summed E-state index contributed by atoms with van der Waals surface area (Å²) in [5, 5.41) is 15.9. The molecule has 1 unspecified atom stereocenters. The lowest BCUT2D eigenvalue weighted by molar-refractivity contribution is -0.139. The first-order valence-electron chi connectivity index (χ1n) is 10.1. The van der Waals surface area contributed by atoms with Gasteiger partial charge in [-0.15, -0.1) is 0 Å². The largest absolute Gasteiger partial charge is 0.489 e. The highest BCUT2D eigenvalue weighted by Gasteiger charge is 2.34. The number of nitrogens with one attached hydrogen (secondary N) is 1. The average molecular weight is 474 g/mol. The van der Waals surface area contributed by atoms with Crippen LogP contribution in [0, 0.1) is 0 Å². The quantitative estimate of drug-likeness (QED) is 0.492. The van der Waals surface area contributed by atoms with Crippen LogP contribution in [-0.4, -0.2) is 32.8 Å². The Kier molecular flexibility index (Phi) is 6.62. The second kappa shape index (κ2) is 9.58. The van der Waals surface area contributed by atoms with Crippen molar-refractivity contribution in [1.82, 2.24) is 20.2 Å². The Morgan fingerprint density at radius 2 is 1.94 bits per heavy atom. The Morgan fingerprint density at radius 3 is 2.66 bits per heavy atom. The number of rotatable bonds is 7. The van der Waals surface area contributed by atoms with Gasteiger partial charge in [0.25, 0.3) is 0 Å². The predicted molar refractivity (Wildman–Crippen MR) is 121 cm³/mol. The van der Waals surface area contributed by atoms with Crippen molar-refractivity contribution in [3.8, 4) is 5.75 Å². The average Bonchev–Trinajstić information content (AvgIpc) is 3.25. The van der Waals surface area contributed by atoms with Gasteiger partial charge in [0.1, 0.15) is 18.4 Å². The van der Waals surface area contributed by atoms with Gasteiger partial charge < -0.3 is 14.8 Å². The molecule has 1 aliphatic rings. The van der Waals surface area contributed by atoms with E-state index in [1.807, 2.05) is 44.2 Å². The summed E-state index contributed by atoms with van der Waals surface area (Å²) in [6.07, 6.45) is 0.733. The molecule has 0 fully saturated rings. The predicted octanol–water partition coefficient (Wildman–Crippen LogP) is 4.80. The summed E-state index contributed by atoms with van der Waals surface area (Å²) in [5.74, 6) is 0.726. The molecule has 0 saturated carbocycles. The normalized spacial score (nSPS) is 15.2. The third kappa shape index (κ3) is 4.56. The van der Waals surface area contributed by atoms with E-state index in [9.17, 15) is 4.79 Å². The minimum absolute atomic E-state index is 0.340. The van der Waals surface area contributed by atoms with Gasteiger partial charge >= 0.3 is 5.97 Å². The second-order valence-electron chi connectivity index (χ2n) is 7.26. The van der Waals surface area contributed by atoms with Crippen LogP contribution in [0.25, 0.3) is 0 Å². The molecule has 1 aliphatic heterocycles. The van der Waals surface area contributed by atoms with Gasteiger partial charge in [0.2, 0.25) is 5.95 Å². The summed E-state index contributed by atoms with van der Waals surface area (Å²) < 4.78 is 12.8. The van der Waals surface area contributed by atoms with Crippen LogP contribution >= 0.6 is 23.2 Å². The van der Waals surface area contributed by atoms with Crippen LogP contribution < -0.4 is 10.1 Å². The number of aromatic nitrogens is 4. The number of esters is 1. The van der Waals surface area contributed by atoms with Crippen molar-refractivity contribution in [2.75, 3.05) is 11.9 Å². The number of carbonyl (C=O) groups is 1. The van der Waals surface area contributed by atoms with Crippen LogP contribution in [0.1, 0.15) is 37.4 Å². The SMILES string of the molecule is CCCOC(=O)C1=C(C)Nc2nnnn2C1c1ccc(OCc2ccc(Cl)c(Cl)c2)cc1. The Bertz CT molecular complexity index is 1160. The molecule has 166 valence electrons. The molecule has 1 aromatic heterocycles. The zero-order valence-corrected chi connectivity index (χ0v) is 19.0. The van der Waals surface area contributed by atoms with Crippen molar-refractivity contribution >= 4 is 35.1 Å². The van der Waals surface area contributed by atoms with E-state index < -0.39 is 12.0 Å². The zero-order chi connectivity index (χ0) is 22.7. The first-order valence-corrected chi connectivity index (χ1v) is 10.8. The number of ether oxygens (including phenoxy) is 2. The van der Waals surface area contributed by atoms with E-state index in [-0.39, 0.29) is 0 Å². The molecular formula is C22H21Cl2N5O3. The van der Waals surface area contributed by atoms with Gasteiger partial charge in [-0.25, -0.2) is 4.79 Å². The highest BCUT2D eigenvalue weighted by Crippen LogP contribution is 2.35. The third-order valence-electron chi connectivity index (χ3n) is 4.96. The number of benzene rings is 2. The third-order valence-corrected chi connectivity index (χ3v) is 5.70. The number of halogens is 2. The van der Waals surface area contributed by atoms with Gasteiger partial charge in [0, 0.05) is 5.70 Å². The first kappa shape index (κ1) is 22.1. The Hall–Kier alpha value is -3.10. The van der Waals surface area contributed by atoms with Crippen LogP contribution in [0.5, 0.6) is 5.75 Å². The Balaban J connectivity index is 1.57. The second-order valence-corrected chi connectivity index (χ2v) is 8.07. The Morgan fingerprint density at radius 1 is 1.16 bits per heavy atom. The van der Waals surface area contributed by atoms with Gasteiger partial charge in [-0.3, -0.25) is 0 Å². The minimum Gasteiger partial charge on any atom is -0.489 e. The van der Waals surface area contributed by atoms with E-state index in [0.29, 0.717) is 46.2 Å². The van der Waals surface area contributed by atoms with Gasteiger partial charge in [0.15, 0.2) is 0 Å². The molecule has 0 aliphatic carbocycles. The van der Waals surface area contributed by atoms with Gasteiger partial charge in [-0.1, -0.05) is 53.4 Å². The number of fused-ring (bicyclic) bond motifs is 1. The van der Waals surface area contributed by atoms with Crippen molar-refractivity contribution in [1.29, 1.82) is 0 Å². The van der Waals surface area contributed by atoms with Gasteiger partial charge in [-0.05, 0) is 59.2 Å². The van der Waals surface area contributed by atoms with Crippen molar-refractivity contribution < 1.29 is 14.3 Å². The molecule has 2 heterocycles. The summed E-state index contributed by atoms with van der Waals surface area (Å²) in [4.78, 5) is 12.8. The number of hydrogen-bond donors (Lipinski definition) is 1. The van der Waals surface area contributed by atoms with Crippen molar-refractivity contribution in [2.24, 2.45) is 0 Å². The van der Waals surface area contributed by atoms with Crippen molar-refractivity contribution in [3.05, 3.63) is 74.9 Å². The van der Waals surface area contributed by atoms with Gasteiger partial charge in [-0.2, -0.15) is 4.68 Å². The summed E-state index contributed by atoms with van der Waals surface area (Å²) >= 11 is 12.0. The van der Waals surface area contributed by atoms with Crippen LogP contribution in [0.3, 0.4) is 0 Å². The van der Waals surface area contributed by atoms with E-state index in [4.69, 9.17) is 32.7 Å². The zero-order valence-electron chi connectivity index (χ0n) is 17.5. The highest BCUT2D eigenvalue weighted by atomic mass is 35.5. The summed E-state index contributed by atoms with van der Waals surface area (Å²) in [7, 11) is 0. The summed E-state index contributed by atoms with van der Waals surface area (Å²) in [6, 6.07) is 12.3. The number of tetrazole rings is 1. The monoisotopic (exact) mass is 473 g/mol. The molecular weight excluding hydrogens is 453 g/mol. The topological polar surface area (TPSA) is 91.2 Å². The van der Waals surface area contributed by atoms with Crippen molar-refractivity contribution in [2.45, 2.75) is 32.9 Å². The van der Waals surface area contributed by atoms with E-state index in [1.54, 1.807) is 16.8 Å². The number of nitrogens with zero attached hydrogens (tertiary/aromatic N) is 4. The molecule has 0 amide bonds. The van der Waals surface area contributed by atoms with Crippen LogP contribution in [0.2, 0.25) is 10.0 Å². The fraction of sp³-hybridized carbons (Fsp3) is 0.273. The molecule has 2 aromatic carbocycles. The van der Waals surface area contributed by atoms with E-state index in [0.717, 1.165) is 17.5 Å². The molecule has 1 atom stereocenters. The first-order chi connectivity index (χ1) is 15.5. The maximum absolute atomic E-state index is 12.8.